The molecular weight excluding hydrogens is 176 g/mol. The molecule has 0 fully saturated rings. The smallest absolute Gasteiger partial charge is 0.261 e. The van der Waals surface area contributed by atoms with E-state index in [4.69, 9.17) is 15.0 Å². The van der Waals surface area contributed by atoms with E-state index in [9.17, 15) is 8.42 Å². The van der Waals surface area contributed by atoms with Crippen molar-refractivity contribution in [2.24, 2.45) is 10.3 Å². The van der Waals surface area contributed by atoms with E-state index in [0.717, 1.165) is 12.4 Å². The predicted molar refractivity (Wildman–Crippen MR) is 38.0 cm³/mol. The summed E-state index contributed by atoms with van der Waals surface area (Å²) in [7, 11) is -3.67. The van der Waals surface area contributed by atoms with Gasteiger partial charge in [0.15, 0.2) is 0 Å². The lowest BCUT2D eigenvalue weighted by Gasteiger charge is -1.69. The molecule has 0 amide bonds. The van der Waals surface area contributed by atoms with E-state index < -0.39 is 10.1 Å². The summed E-state index contributed by atoms with van der Waals surface area (Å²) >= 11 is 0. The molecule has 0 unspecified atom stereocenters. The lowest BCUT2D eigenvalue weighted by Crippen LogP contribution is -1.88. The zero-order valence-corrected chi connectivity index (χ0v) is 6.43. The van der Waals surface area contributed by atoms with Gasteiger partial charge in [0, 0.05) is 0 Å². The van der Waals surface area contributed by atoms with Crippen LogP contribution in [0, 0.1) is 0 Å². The third kappa shape index (κ3) is 121. The van der Waals surface area contributed by atoms with Crippen molar-refractivity contribution in [2.75, 3.05) is 6.26 Å². The summed E-state index contributed by atoms with van der Waals surface area (Å²) < 4.78 is 25.9. The number of rotatable bonds is 1. The molecule has 0 atom stereocenters. The van der Waals surface area contributed by atoms with Crippen LogP contribution in [0.5, 0.6) is 0 Å². The van der Waals surface area contributed by atoms with Gasteiger partial charge in [0.1, 0.15) is 0 Å². The molecule has 0 saturated carbocycles. The molecule has 0 heterocycles. The minimum absolute atomic E-state index is 0.715. The summed E-state index contributed by atoms with van der Waals surface area (Å²) in [4.78, 5) is 0. The topological polar surface area (TPSA) is 120 Å². The van der Waals surface area contributed by atoms with Crippen LogP contribution in [-0.4, -0.2) is 42.1 Å². The van der Waals surface area contributed by atoms with Crippen LogP contribution in [0.4, 0.5) is 0 Å². The summed E-state index contributed by atoms with van der Waals surface area (Å²) in [6.07, 6.45) is 2.60. The molecule has 7 nitrogen and oxygen atoms in total. The summed E-state index contributed by atoms with van der Waals surface area (Å²) in [6, 6.07) is 0. The fourth-order valence-electron chi connectivity index (χ4n) is 0.0596. The average Bonchev–Trinajstić information content (AvgIpc) is 1.79. The van der Waals surface area contributed by atoms with E-state index in [1.807, 2.05) is 0 Å². The molecule has 0 saturated heterocycles. The quantitative estimate of drug-likeness (QED) is 0.218. The van der Waals surface area contributed by atoms with Gasteiger partial charge in [-0.15, -0.1) is 0 Å². The van der Waals surface area contributed by atoms with Crippen LogP contribution in [0.2, 0.25) is 0 Å². The Kier molecular flexibility index (Phi) is 7.92. The molecule has 11 heavy (non-hydrogen) atoms. The van der Waals surface area contributed by atoms with E-state index in [0.29, 0.717) is 6.26 Å². The van der Waals surface area contributed by atoms with Gasteiger partial charge < -0.3 is 10.4 Å². The maximum Gasteiger partial charge on any atom is 0.261 e. The van der Waals surface area contributed by atoms with Crippen molar-refractivity contribution >= 4 is 22.5 Å². The largest absolute Gasteiger partial charge is 0.411 e. The van der Waals surface area contributed by atoms with Gasteiger partial charge in [0.2, 0.25) is 0 Å². The highest BCUT2D eigenvalue weighted by atomic mass is 32.2. The van der Waals surface area contributed by atoms with Crippen molar-refractivity contribution in [2.45, 2.75) is 0 Å². The summed E-state index contributed by atoms with van der Waals surface area (Å²) in [6.45, 7) is 0. The maximum absolute atomic E-state index is 9.19. The molecule has 3 N–H and O–H groups in total. The van der Waals surface area contributed by atoms with E-state index in [-0.39, 0.29) is 0 Å². The van der Waals surface area contributed by atoms with Gasteiger partial charge in [-0.2, -0.15) is 8.42 Å². The Morgan fingerprint density at radius 2 is 1.36 bits per heavy atom. The zero-order chi connectivity index (χ0) is 9.33. The second kappa shape index (κ2) is 6.96. The predicted octanol–water partition coefficient (Wildman–Crippen LogP) is -0.590. The molecule has 8 heteroatoms. The van der Waals surface area contributed by atoms with Gasteiger partial charge in [0.05, 0.1) is 18.7 Å². The Labute approximate surface area is 63.4 Å². The van der Waals surface area contributed by atoms with Crippen molar-refractivity contribution in [3.63, 3.8) is 0 Å². The molecule has 0 aliphatic rings. The first kappa shape index (κ1) is 12.5. The lowest BCUT2D eigenvalue weighted by atomic mass is 10.8. The van der Waals surface area contributed by atoms with E-state index >= 15 is 0 Å². The Morgan fingerprint density at radius 3 is 1.45 bits per heavy atom. The summed E-state index contributed by atoms with van der Waals surface area (Å²) in [5.41, 5.74) is 0. The molecule has 0 aromatic heterocycles. The summed E-state index contributed by atoms with van der Waals surface area (Å²) in [5, 5.41) is 20.1. The Hall–Kier alpha value is -1.15. The standard InChI is InChI=1S/C2H4N2O2.CH4O3S/c5-3-1-2-4-6;1-5(2,3)4/h1-2,5-6H;1H3,(H,2,3,4). The minimum atomic E-state index is -3.67. The van der Waals surface area contributed by atoms with Crippen molar-refractivity contribution in [1.29, 1.82) is 0 Å². The van der Waals surface area contributed by atoms with Gasteiger partial charge >= 0.3 is 0 Å². The number of nitrogens with zero attached hydrogens (tertiary/aromatic N) is 2. The second-order valence-corrected chi connectivity index (χ2v) is 2.73. The van der Waals surface area contributed by atoms with Gasteiger partial charge in [-0.1, -0.05) is 10.3 Å². The Balaban J connectivity index is 0. The van der Waals surface area contributed by atoms with Crippen LogP contribution in [-0.2, 0) is 10.1 Å². The second-order valence-electron chi connectivity index (χ2n) is 1.26. The molecular formula is C3H8N2O5S. The number of oxime groups is 2. The molecule has 0 bridgehead atoms. The highest BCUT2D eigenvalue weighted by Crippen LogP contribution is 1.60. The van der Waals surface area contributed by atoms with Crippen LogP contribution < -0.4 is 0 Å². The highest BCUT2D eigenvalue weighted by Gasteiger charge is 1.81. The van der Waals surface area contributed by atoms with E-state index in [1.165, 1.54) is 0 Å². The minimum Gasteiger partial charge on any atom is -0.411 e. The molecule has 0 aromatic rings. The number of hydrogen-bond donors (Lipinski definition) is 3. The first-order valence-electron chi connectivity index (χ1n) is 2.17. The molecule has 0 spiro atoms. The zero-order valence-electron chi connectivity index (χ0n) is 5.62. The molecule has 0 aromatic carbocycles. The third-order valence-electron chi connectivity index (χ3n) is 0.200. The van der Waals surface area contributed by atoms with Gasteiger partial charge in [-0.3, -0.25) is 4.55 Å². The monoisotopic (exact) mass is 184 g/mol. The molecule has 66 valence electrons. The normalized spacial score (nSPS) is 11.5. The van der Waals surface area contributed by atoms with E-state index in [2.05, 4.69) is 10.3 Å². The maximum atomic E-state index is 9.19. The molecule has 0 radical (unpaired) electrons. The third-order valence-corrected chi connectivity index (χ3v) is 0.200. The van der Waals surface area contributed by atoms with Crippen LogP contribution in [0.1, 0.15) is 0 Å². The van der Waals surface area contributed by atoms with Crippen molar-refractivity contribution in [3.05, 3.63) is 0 Å². The van der Waals surface area contributed by atoms with Gasteiger partial charge in [-0.25, -0.2) is 0 Å². The first-order valence-corrected chi connectivity index (χ1v) is 4.02. The molecule has 0 aliphatic heterocycles. The van der Waals surface area contributed by atoms with Crippen LogP contribution in [0.3, 0.4) is 0 Å². The summed E-state index contributed by atoms with van der Waals surface area (Å²) in [5.74, 6) is 0. The van der Waals surface area contributed by atoms with Crippen LogP contribution in [0.15, 0.2) is 10.3 Å². The lowest BCUT2D eigenvalue weighted by molar-refractivity contribution is 0.317. The van der Waals surface area contributed by atoms with Crippen LogP contribution in [0.25, 0.3) is 0 Å². The SMILES string of the molecule is CS(=O)(=O)O.ON=CC=NO. The fraction of sp³-hybridized carbons (Fsp3) is 0.333. The first-order chi connectivity index (χ1) is 4.91. The molecule has 0 aliphatic carbocycles. The van der Waals surface area contributed by atoms with Crippen molar-refractivity contribution in [3.8, 4) is 0 Å². The van der Waals surface area contributed by atoms with Crippen molar-refractivity contribution in [1.82, 2.24) is 0 Å². The highest BCUT2D eigenvalue weighted by molar-refractivity contribution is 7.85. The average molecular weight is 184 g/mol. The van der Waals surface area contributed by atoms with Gasteiger partial charge in [0.25, 0.3) is 10.1 Å². The van der Waals surface area contributed by atoms with Gasteiger partial charge in [-0.05, 0) is 0 Å². The fourth-order valence-corrected chi connectivity index (χ4v) is 0.0596. The molecule has 0 rings (SSSR count). The Bertz CT molecular complexity index is 200. The van der Waals surface area contributed by atoms with Crippen molar-refractivity contribution < 1.29 is 23.4 Å². The van der Waals surface area contributed by atoms with E-state index in [1.54, 1.807) is 0 Å². The van der Waals surface area contributed by atoms with Crippen LogP contribution >= 0.6 is 0 Å². The number of hydrogen-bond acceptors (Lipinski definition) is 6. The Morgan fingerprint density at radius 1 is 1.18 bits per heavy atom.